The second kappa shape index (κ2) is 2.82. The van der Waals surface area contributed by atoms with Gasteiger partial charge in [0.15, 0.2) is 0 Å². The van der Waals surface area contributed by atoms with E-state index in [4.69, 9.17) is 0 Å². The van der Waals surface area contributed by atoms with Crippen molar-refractivity contribution in [2.75, 3.05) is 0 Å². The second-order valence-electron chi connectivity index (χ2n) is 3.19. The van der Waals surface area contributed by atoms with Crippen LogP contribution in [0.2, 0.25) is 0 Å². The number of hydrogen-bond acceptors (Lipinski definition) is 1. The minimum absolute atomic E-state index is 0.986. The molecule has 68 valence electrons. The highest BCUT2D eigenvalue weighted by atomic mass is 79.9. The van der Waals surface area contributed by atoms with E-state index >= 15 is 0 Å². The minimum Gasteiger partial charge on any atom is -0.300 e. The highest BCUT2D eigenvalue weighted by Crippen LogP contribution is 2.20. The summed E-state index contributed by atoms with van der Waals surface area (Å²) in [5.41, 5.74) is 2.17. The van der Waals surface area contributed by atoms with Gasteiger partial charge in [0.25, 0.3) is 0 Å². The maximum atomic E-state index is 4.24. The van der Waals surface area contributed by atoms with Crippen molar-refractivity contribution >= 4 is 32.5 Å². The van der Waals surface area contributed by atoms with Gasteiger partial charge in [0.05, 0.1) is 5.52 Å². The summed E-state index contributed by atoms with van der Waals surface area (Å²) in [6, 6.07) is 10.3. The van der Waals surface area contributed by atoms with E-state index in [1.54, 1.807) is 0 Å². The molecule has 0 bridgehead atoms. The maximum Gasteiger partial charge on any atom is 0.137 e. The van der Waals surface area contributed by atoms with E-state index in [-0.39, 0.29) is 0 Å². The minimum atomic E-state index is 0.986. The van der Waals surface area contributed by atoms with Crippen molar-refractivity contribution in [2.45, 2.75) is 0 Å². The standard InChI is InChI=1S/C11H7BrN2/c12-9-2-3-10-8(7-9)1-4-11-13-5-6-14(10)11/h1-7H. The smallest absolute Gasteiger partial charge is 0.137 e. The lowest BCUT2D eigenvalue weighted by Gasteiger charge is -2.01. The van der Waals surface area contributed by atoms with E-state index < -0.39 is 0 Å². The molecule has 0 saturated heterocycles. The SMILES string of the molecule is Brc1ccc2c(ccc3nccn32)c1. The van der Waals surface area contributed by atoms with Crippen molar-refractivity contribution in [3.63, 3.8) is 0 Å². The van der Waals surface area contributed by atoms with Crippen LogP contribution in [0.25, 0.3) is 16.6 Å². The van der Waals surface area contributed by atoms with Gasteiger partial charge in [-0.25, -0.2) is 4.98 Å². The van der Waals surface area contributed by atoms with Crippen molar-refractivity contribution < 1.29 is 0 Å². The largest absolute Gasteiger partial charge is 0.300 e. The molecule has 0 radical (unpaired) electrons. The van der Waals surface area contributed by atoms with Crippen LogP contribution in [-0.2, 0) is 0 Å². The first-order valence-electron chi connectivity index (χ1n) is 4.36. The number of aromatic nitrogens is 2. The van der Waals surface area contributed by atoms with Crippen LogP contribution in [0.15, 0.2) is 47.2 Å². The fourth-order valence-electron chi connectivity index (χ4n) is 1.68. The third-order valence-corrected chi connectivity index (χ3v) is 2.82. The third-order valence-electron chi connectivity index (χ3n) is 2.33. The Kier molecular flexibility index (Phi) is 1.61. The molecule has 2 heterocycles. The average Bonchev–Trinajstić information content (AvgIpc) is 2.65. The zero-order chi connectivity index (χ0) is 9.54. The zero-order valence-electron chi connectivity index (χ0n) is 7.31. The first kappa shape index (κ1) is 8.00. The van der Waals surface area contributed by atoms with Crippen LogP contribution in [-0.4, -0.2) is 9.38 Å². The van der Waals surface area contributed by atoms with E-state index in [0.717, 1.165) is 10.1 Å². The first-order valence-corrected chi connectivity index (χ1v) is 5.15. The van der Waals surface area contributed by atoms with Gasteiger partial charge >= 0.3 is 0 Å². The summed E-state index contributed by atoms with van der Waals surface area (Å²) < 4.78 is 3.19. The van der Waals surface area contributed by atoms with E-state index in [2.05, 4.69) is 43.5 Å². The number of hydrogen-bond donors (Lipinski definition) is 0. The number of imidazole rings is 1. The molecule has 1 aromatic carbocycles. The third kappa shape index (κ3) is 1.06. The Balaban J connectivity index is 2.57. The van der Waals surface area contributed by atoms with Crippen LogP contribution in [0.3, 0.4) is 0 Å². The number of nitrogens with zero attached hydrogens (tertiary/aromatic N) is 2. The van der Waals surface area contributed by atoms with Gasteiger partial charge in [0, 0.05) is 16.9 Å². The molecule has 0 saturated carbocycles. The van der Waals surface area contributed by atoms with Crippen molar-refractivity contribution in [1.29, 1.82) is 0 Å². The summed E-state index contributed by atoms with van der Waals surface area (Å²) in [4.78, 5) is 4.24. The number of benzene rings is 1. The average molecular weight is 247 g/mol. The summed E-state index contributed by atoms with van der Waals surface area (Å²) in [7, 11) is 0. The van der Waals surface area contributed by atoms with Crippen molar-refractivity contribution in [3.05, 3.63) is 47.2 Å². The molecule has 0 amide bonds. The Bertz CT molecular complexity index is 613. The molecule has 0 fully saturated rings. The van der Waals surface area contributed by atoms with Crippen LogP contribution in [0.5, 0.6) is 0 Å². The Morgan fingerprint density at radius 1 is 1.14 bits per heavy atom. The first-order chi connectivity index (χ1) is 6.84. The molecular formula is C11H7BrN2. The van der Waals surface area contributed by atoms with Gasteiger partial charge in [0.2, 0.25) is 0 Å². The van der Waals surface area contributed by atoms with Crippen LogP contribution in [0, 0.1) is 0 Å². The fourth-order valence-corrected chi connectivity index (χ4v) is 2.06. The summed E-state index contributed by atoms with van der Waals surface area (Å²) >= 11 is 3.46. The lowest BCUT2D eigenvalue weighted by molar-refractivity contribution is 1.26. The fraction of sp³-hybridized carbons (Fsp3) is 0. The molecule has 3 heteroatoms. The zero-order valence-corrected chi connectivity index (χ0v) is 8.90. The summed E-state index contributed by atoms with van der Waals surface area (Å²) in [5.74, 6) is 0. The van der Waals surface area contributed by atoms with Crippen molar-refractivity contribution in [3.8, 4) is 0 Å². The van der Waals surface area contributed by atoms with E-state index in [0.29, 0.717) is 0 Å². The van der Waals surface area contributed by atoms with Crippen LogP contribution in [0.4, 0.5) is 0 Å². The molecule has 0 atom stereocenters. The van der Waals surface area contributed by atoms with Gasteiger partial charge in [-0.1, -0.05) is 15.9 Å². The Morgan fingerprint density at radius 3 is 3.00 bits per heavy atom. The Labute approximate surface area is 89.3 Å². The van der Waals surface area contributed by atoms with Gasteiger partial charge in [-0.2, -0.15) is 0 Å². The molecule has 3 aromatic rings. The highest BCUT2D eigenvalue weighted by Gasteiger charge is 1.99. The molecule has 2 nitrogen and oxygen atoms in total. The monoisotopic (exact) mass is 246 g/mol. The lowest BCUT2D eigenvalue weighted by Crippen LogP contribution is -1.85. The molecular weight excluding hydrogens is 240 g/mol. The summed E-state index contributed by atoms with van der Waals surface area (Å²) in [6.07, 6.45) is 3.79. The van der Waals surface area contributed by atoms with Crippen LogP contribution < -0.4 is 0 Å². The molecule has 14 heavy (non-hydrogen) atoms. The molecule has 0 aliphatic rings. The molecule has 0 aliphatic carbocycles. The van der Waals surface area contributed by atoms with Gasteiger partial charge in [0.1, 0.15) is 5.65 Å². The molecule has 0 aliphatic heterocycles. The molecule has 3 rings (SSSR count). The quantitative estimate of drug-likeness (QED) is 0.596. The number of pyridine rings is 1. The number of halogens is 1. The number of rotatable bonds is 0. The van der Waals surface area contributed by atoms with Crippen LogP contribution in [0.1, 0.15) is 0 Å². The topological polar surface area (TPSA) is 17.3 Å². The second-order valence-corrected chi connectivity index (χ2v) is 4.11. The van der Waals surface area contributed by atoms with Gasteiger partial charge in [-0.05, 0) is 35.7 Å². The Morgan fingerprint density at radius 2 is 2.07 bits per heavy atom. The lowest BCUT2D eigenvalue weighted by atomic mass is 10.2. The van der Waals surface area contributed by atoms with Crippen LogP contribution >= 0.6 is 15.9 Å². The van der Waals surface area contributed by atoms with E-state index in [1.165, 1.54) is 10.9 Å². The summed E-state index contributed by atoms with van der Waals surface area (Å²) in [5, 5.41) is 1.21. The van der Waals surface area contributed by atoms with Gasteiger partial charge in [-0.3, -0.25) is 4.40 Å². The molecule has 0 N–H and O–H groups in total. The highest BCUT2D eigenvalue weighted by molar-refractivity contribution is 9.10. The molecule has 0 unspecified atom stereocenters. The van der Waals surface area contributed by atoms with Crippen molar-refractivity contribution in [2.24, 2.45) is 0 Å². The molecule has 2 aromatic heterocycles. The van der Waals surface area contributed by atoms with E-state index in [9.17, 15) is 0 Å². The predicted molar refractivity (Wildman–Crippen MR) is 60.4 cm³/mol. The predicted octanol–water partition coefficient (Wildman–Crippen LogP) is 3.25. The van der Waals surface area contributed by atoms with Crippen molar-refractivity contribution in [1.82, 2.24) is 9.38 Å². The normalized spacial score (nSPS) is 11.2. The van der Waals surface area contributed by atoms with Gasteiger partial charge < -0.3 is 0 Å². The van der Waals surface area contributed by atoms with E-state index in [1.807, 2.05) is 24.5 Å². The van der Waals surface area contributed by atoms with Gasteiger partial charge in [-0.15, -0.1) is 0 Å². The summed E-state index contributed by atoms with van der Waals surface area (Å²) in [6.45, 7) is 0. The molecule has 0 spiro atoms. The number of fused-ring (bicyclic) bond motifs is 3. The maximum absolute atomic E-state index is 4.24. The Hall–Kier alpha value is -1.35.